The summed E-state index contributed by atoms with van der Waals surface area (Å²) in [5, 5.41) is 0. The van der Waals surface area contributed by atoms with E-state index in [2.05, 4.69) is 0 Å². The average molecular weight is 327 g/mol. The Hall–Kier alpha value is -1.44. The largest absolute Gasteiger partial charge is 0.444 e. The van der Waals surface area contributed by atoms with Gasteiger partial charge in [0.05, 0.1) is 6.61 Å². The van der Waals surface area contributed by atoms with Gasteiger partial charge in [-0.2, -0.15) is 4.21 Å². The van der Waals surface area contributed by atoms with E-state index < -0.39 is 17.0 Å². The molecule has 1 heterocycles. The van der Waals surface area contributed by atoms with Crippen molar-refractivity contribution in [2.45, 2.75) is 45.9 Å². The lowest BCUT2D eigenvalue weighted by atomic mass is 9.95. The van der Waals surface area contributed by atoms with E-state index in [0.717, 1.165) is 23.1 Å². The normalized spacial score (nSPS) is 16.1. The molecule has 0 bridgehead atoms. The van der Waals surface area contributed by atoms with Gasteiger partial charge in [0.15, 0.2) is 0 Å². The standard InChI is InChI=1S/C15H21NO5S/c1-15(2,3)21-14(17)16-8-7-11-5-4-6-12(13(11)9-16)10-20-22(18)19/h4-6H,7-10H2,1-3H3,(H,18,19). The highest BCUT2D eigenvalue weighted by Crippen LogP contribution is 2.25. The molecule has 0 radical (unpaired) electrons. The van der Waals surface area contributed by atoms with Crippen molar-refractivity contribution in [3.8, 4) is 0 Å². The van der Waals surface area contributed by atoms with Crippen molar-refractivity contribution in [3.05, 3.63) is 34.9 Å². The molecule has 1 aromatic rings. The van der Waals surface area contributed by atoms with Crippen LogP contribution >= 0.6 is 0 Å². The quantitative estimate of drug-likeness (QED) is 0.864. The second-order valence-electron chi connectivity index (χ2n) is 6.19. The van der Waals surface area contributed by atoms with Gasteiger partial charge in [-0.15, -0.1) is 0 Å². The molecule has 2 rings (SSSR count). The monoisotopic (exact) mass is 327 g/mol. The molecule has 6 nitrogen and oxygen atoms in total. The summed E-state index contributed by atoms with van der Waals surface area (Å²) >= 11 is -2.30. The number of rotatable bonds is 3. The Morgan fingerprint density at radius 1 is 1.41 bits per heavy atom. The summed E-state index contributed by atoms with van der Waals surface area (Å²) < 4.78 is 29.6. The highest BCUT2D eigenvalue weighted by molar-refractivity contribution is 7.74. The van der Waals surface area contributed by atoms with Gasteiger partial charge < -0.3 is 9.64 Å². The Bertz CT molecular complexity index is 582. The Labute approximate surface area is 132 Å². The van der Waals surface area contributed by atoms with Crippen LogP contribution in [0.5, 0.6) is 0 Å². The van der Waals surface area contributed by atoms with Gasteiger partial charge in [0, 0.05) is 13.1 Å². The van der Waals surface area contributed by atoms with E-state index in [-0.39, 0.29) is 12.7 Å². The third-order valence-corrected chi connectivity index (χ3v) is 3.66. The lowest BCUT2D eigenvalue weighted by Crippen LogP contribution is -2.40. The van der Waals surface area contributed by atoms with E-state index in [9.17, 15) is 9.00 Å². The summed E-state index contributed by atoms with van der Waals surface area (Å²) in [6.07, 6.45) is 0.379. The lowest BCUT2D eigenvalue weighted by molar-refractivity contribution is 0.0222. The molecule has 1 atom stereocenters. The van der Waals surface area contributed by atoms with Crippen LogP contribution in [0, 0.1) is 0 Å². The molecule has 0 aromatic heterocycles. The summed E-state index contributed by atoms with van der Waals surface area (Å²) in [7, 11) is 0. The Morgan fingerprint density at radius 2 is 2.14 bits per heavy atom. The number of carbonyl (C=O) groups is 1. The molecule has 122 valence electrons. The second-order valence-corrected chi connectivity index (χ2v) is 6.86. The third-order valence-electron chi connectivity index (χ3n) is 3.34. The van der Waals surface area contributed by atoms with Crippen LogP contribution in [0.1, 0.15) is 37.5 Å². The zero-order chi connectivity index (χ0) is 16.3. The van der Waals surface area contributed by atoms with Crippen LogP contribution in [0.25, 0.3) is 0 Å². The van der Waals surface area contributed by atoms with Gasteiger partial charge in [0.2, 0.25) is 0 Å². The minimum absolute atomic E-state index is 0.0362. The van der Waals surface area contributed by atoms with Crippen molar-refractivity contribution in [1.29, 1.82) is 0 Å². The molecule has 0 saturated carbocycles. The maximum absolute atomic E-state index is 12.2. The number of carbonyl (C=O) groups excluding carboxylic acids is 1. The predicted molar refractivity (Wildman–Crippen MR) is 82.4 cm³/mol. The highest BCUT2D eigenvalue weighted by atomic mass is 32.2. The predicted octanol–water partition coefficient (Wildman–Crippen LogP) is 2.63. The first-order valence-electron chi connectivity index (χ1n) is 7.08. The minimum atomic E-state index is -2.30. The molecule has 1 unspecified atom stereocenters. The van der Waals surface area contributed by atoms with Crippen molar-refractivity contribution in [2.24, 2.45) is 0 Å². The third kappa shape index (κ3) is 4.53. The fourth-order valence-corrected chi connectivity index (χ4v) is 2.61. The smallest absolute Gasteiger partial charge is 0.410 e. The molecule has 0 spiro atoms. The van der Waals surface area contributed by atoms with E-state index in [1.54, 1.807) is 4.90 Å². The van der Waals surface area contributed by atoms with Crippen LogP contribution < -0.4 is 0 Å². The van der Waals surface area contributed by atoms with E-state index in [1.807, 2.05) is 39.0 Å². The van der Waals surface area contributed by atoms with Crippen molar-refractivity contribution in [2.75, 3.05) is 6.54 Å². The molecule has 7 heteroatoms. The molecule has 0 fully saturated rings. The molecule has 0 saturated heterocycles. The van der Waals surface area contributed by atoms with E-state index in [4.69, 9.17) is 13.5 Å². The van der Waals surface area contributed by atoms with Gasteiger partial charge >= 0.3 is 17.5 Å². The molecular weight excluding hydrogens is 306 g/mol. The number of benzene rings is 1. The number of ether oxygens (including phenoxy) is 1. The van der Waals surface area contributed by atoms with Gasteiger partial charge in [-0.25, -0.2) is 4.79 Å². The first kappa shape index (κ1) is 16.9. The minimum Gasteiger partial charge on any atom is -0.444 e. The van der Waals surface area contributed by atoms with Crippen LogP contribution in [0.15, 0.2) is 18.2 Å². The number of amides is 1. The summed E-state index contributed by atoms with van der Waals surface area (Å²) in [5.41, 5.74) is 2.37. The molecule has 1 aromatic carbocycles. The number of fused-ring (bicyclic) bond motifs is 1. The maximum atomic E-state index is 12.2. The Balaban J connectivity index is 2.14. The molecule has 0 aliphatic carbocycles. The van der Waals surface area contributed by atoms with E-state index >= 15 is 0 Å². The van der Waals surface area contributed by atoms with Crippen molar-refractivity contribution in [3.63, 3.8) is 0 Å². The summed E-state index contributed by atoms with van der Waals surface area (Å²) in [6.45, 7) is 6.55. The Morgan fingerprint density at radius 3 is 2.77 bits per heavy atom. The number of hydrogen-bond donors (Lipinski definition) is 1. The molecular formula is C15H21NO5S. The van der Waals surface area contributed by atoms with Crippen molar-refractivity contribution >= 4 is 17.5 Å². The van der Waals surface area contributed by atoms with Crippen LogP contribution in [0.3, 0.4) is 0 Å². The van der Waals surface area contributed by atoms with Gasteiger partial charge in [-0.1, -0.05) is 18.2 Å². The number of nitrogens with zero attached hydrogens (tertiary/aromatic N) is 1. The topological polar surface area (TPSA) is 76.1 Å². The first-order valence-corrected chi connectivity index (χ1v) is 8.11. The van der Waals surface area contributed by atoms with Crippen LogP contribution in [0.2, 0.25) is 0 Å². The fraction of sp³-hybridized carbons (Fsp3) is 0.533. The van der Waals surface area contributed by atoms with E-state index in [1.165, 1.54) is 0 Å². The molecule has 1 aliphatic heterocycles. The van der Waals surface area contributed by atoms with Crippen molar-refractivity contribution in [1.82, 2.24) is 4.90 Å². The maximum Gasteiger partial charge on any atom is 0.410 e. The van der Waals surface area contributed by atoms with Gasteiger partial charge in [-0.3, -0.25) is 8.74 Å². The lowest BCUT2D eigenvalue weighted by Gasteiger charge is -2.32. The average Bonchev–Trinajstić information content (AvgIpc) is 2.42. The summed E-state index contributed by atoms with van der Waals surface area (Å²) in [5.74, 6) is 0. The molecule has 1 N–H and O–H groups in total. The summed E-state index contributed by atoms with van der Waals surface area (Å²) in [6, 6.07) is 5.73. The number of hydrogen-bond acceptors (Lipinski definition) is 4. The molecule has 1 amide bonds. The fourth-order valence-electron chi connectivity index (χ4n) is 2.38. The second kappa shape index (κ2) is 6.76. The van der Waals surface area contributed by atoms with Gasteiger partial charge in [0.1, 0.15) is 5.60 Å². The van der Waals surface area contributed by atoms with Gasteiger partial charge in [0.25, 0.3) is 0 Å². The highest BCUT2D eigenvalue weighted by Gasteiger charge is 2.26. The van der Waals surface area contributed by atoms with E-state index in [0.29, 0.717) is 13.1 Å². The molecule has 22 heavy (non-hydrogen) atoms. The SMILES string of the molecule is CC(C)(C)OC(=O)N1CCc2cccc(COS(=O)O)c2C1. The molecule has 1 aliphatic rings. The zero-order valence-corrected chi connectivity index (χ0v) is 13.8. The Kier molecular flexibility index (Phi) is 5.20. The summed E-state index contributed by atoms with van der Waals surface area (Å²) in [4.78, 5) is 13.8. The first-order chi connectivity index (χ1) is 10.3. The van der Waals surface area contributed by atoms with Crippen LogP contribution in [-0.4, -0.2) is 31.9 Å². The van der Waals surface area contributed by atoms with Crippen LogP contribution in [-0.2, 0) is 39.9 Å². The zero-order valence-electron chi connectivity index (χ0n) is 13.0. The van der Waals surface area contributed by atoms with Crippen LogP contribution in [0.4, 0.5) is 4.79 Å². The van der Waals surface area contributed by atoms with Gasteiger partial charge in [-0.05, 0) is 43.9 Å². The van der Waals surface area contributed by atoms with Crippen molar-refractivity contribution < 1.29 is 22.5 Å².